The molecule has 94 valence electrons. The monoisotopic (exact) mass is 250 g/mol. The molecule has 0 saturated heterocycles. The van der Waals surface area contributed by atoms with Gasteiger partial charge in [0.2, 0.25) is 0 Å². The van der Waals surface area contributed by atoms with Gasteiger partial charge in [-0.15, -0.1) is 0 Å². The van der Waals surface area contributed by atoms with Crippen LogP contribution in [0.2, 0.25) is 0 Å². The van der Waals surface area contributed by atoms with Crippen molar-refractivity contribution in [3.63, 3.8) is 0 Å². The summed E-state index contributed by atoms with van der Waals surface area (Å²) in [5.74, 6) is -0.954. The molecule has 1 N–H and O–H groups in total. The van der Waals surface area contributed by atoms with E-state index < -0.39 is 5.97 Å². The minimum absolute atomic E-state index is 0.270. The Labute approximate surface area is 112 Å². The van der Waals surface area contributed by atoms with Crippen molar-refractivity contribution in [2.75, 3.05) is 0 Å². The van der Waals surface area contributed by atoms with Crippen LogP contribution < -0.4 is 0 Å². The Bertz CT molecular complexity index is 654. The van der Waals surface area contributed by atoms with Gasteiger partial charge in [-0.05, 0) is 22.3 Å². The molecule has 19 heavy (non-hydrogen) atoms. The Balaban J connectivity index is 2.79. The van der Waals surface area contributed by atoms with Crippen LogP contribution in [0.5, 0.6) is 0 Å². The number of hydrogen-bond donors (Lipinski definition) is 1. The Kier molecular flexibility index (Phi) is 3.62. The van der Waals surface area contributed by atoms with E-state index >= 15 is 0 Å². The van der Waals surface area contributed by atoms with Crippen molar-refractivity contribution in [3.8, 4) is 11.1 Å². The van der Waals surface area contributed by atoms with Crippen molar-refractivity contribution in [1.82, 2.24) is 0 Å². The second-order valence-electron chi connectivity index (χ2n) is 4.07. The van der Waals surface area contributed by atoms with E-state index in [0.717, 1.165) is 11.1 Å². The molecule has 0 bridgehead atoms. The second-order valence-corrected chi connectivity index (χ2v) is 4.07. The number of aromatic carboxylic acids is 1. The maximum Gasteiger partial charge on any atom is 0.336 e. The third-order valence-electron chi connectivity index (χ3n) is 3.00. The van der Waals surface area contributed by atoms with Crippen molar-refractivity contribution >= 4 is 18.1 Å². The molecule has 2 nitrogen and oxygen atoms in total. The van der Waals surface area contributed by atoms with Gasteiger partial charge in [0, 0.05) is 0 Å². The summed E-state index contributed by atoms with van der Waals surface area (Å²) in [5.41, 5.74) is 3.33. The van der Waals surface area contributed by atoms with E-state index in [1.54, 1.807) is 24.3 Å². The number of rotatable bonds is 4. The molecule has 0 aliphatic heterocycles. The lowest BCUT2D eigenvalue weighted by Crippen LogP contribution is -2.03. The first-order chi connectivity index (χ1) is 9.19. The zero-order chi connectivity index (χ0) is 13.8. The van der Waals surface area contributed by atoms with Crippen LogP contribution in [0, 0.1) is 0 Å². The van der Waals surface area contributed by atoms with Crippen LogP contribution in [-0.4, -0.2) is 11.1 Å². The van der Waals surface area contributed by atoms with Gasteiger partial charge in [-0.3, -0.25) is 0 Å². The quantitative estimate of drug-likeness (QED) is 0.876. The van der Waals surface area contributed by atoms with Crippen molar-refractivity contribution in [2.45, 2.75) is 0 Å². The lowest BCUT2D eigenvalue weighted by Gasteiger charge is -2.11. The van der Waals surface area contributed by atoms with E-state index in [0.29, 0.717) is 11.1 Å². The first-order valence-electron chi connectivity index (χ1n) is 5.89. The van der Waals surface area contributed by atoms with E-state index in [-0.39, 0.29) is 5.56 Å². The van der Waals surface area contributed by atoms with Crippen LogP contribution in [0.4, 0.5) is 0 Å². The van der Waals surface area contributed by atoms with Crippen LogP contribution in [0.25, 0.3) is 23.3 Å². The molecule has 0 aliphatic carbocycles. The molecule has 2 aromatic carbocycles. The van der Waals surface area contributed by atoms with Crippen molar-refractivity contribution in [1.29, 1.82) is 0 Å². The third kappa shape index (κ3) is 2.33. The zero-order valence-corrected chi connectivity index (χ0v) is 10.5. The topological polar surface area (TPSA) is 37.3 Å². The highest BCUT2D eigenvalue weighted by atomic mass is 16.4. The van der Waals surface area contributed by atoms with E-state index in [4.69, 9.17) is 0 Å². The molecular formula is C17H14O2. The van der Waals surface area contributed by atoms with E-state index in [1.807, 2.05) is 30.3 Å². The van der Waals surface area contributed by atoms with E-state index in [9.17, 15) is 9.90 Å². The Hall–Kier alpha value is -2.61. The molecule has 0 aromatic heterocycles. The molecule has 0 heterocycles. The molecule has 0 atom stereocenters. The third-order valence-corrected chi connectivity index (χ3v) is 3.00. The highest BCUT2D eigenvalue weighted by Gasteiger charge is 2.16. The van der Waals surface area contributed by atoms with Crippen LogP contribution in [0.1, 0.15) is 21.5 Å². The fraction of sp³-hybridized carbons (Fsp3) is 0. The average Bonchev–Trinajstić information content (AvgIpc) is 2.46. The van der Waals surface area contributed by atoms with Crippen molar-refractivity contribution in [3.05, 3.63) is 72.3 Å². The summed E-state index contributed by atoms with van der Waals surface area (Å²) in [6.07, 6.45) is 3.28. The number of benzene rings is 2. The summed E-state index contributed by atoms with van der Waals surface area (Å²) < 4.78 is 0. The smallest absolute Gasteiger partial charge is 0.336 e. The molecule has 0 aliphatic rings. The van der Waals surface area contributed by atoms with Crippen LogP contribution in [0.3, 0.4) is 0 Å². The van der Waals surface area contributed by atoms with Gasteiger partial charge in [-0.1, -0.05) is 67.8 Å². The van der Waals surface area contributed by atoms with Gasteiger partial charge in [-0.2, -0.15) is 0 Å². The second kappa shape index (κ2) is 5.36. The van der Waals surface area contributed by atoms with Crippen LogP contribution in [0.15, 0.2) is 55.6 Å². The summed E-state index contributed by atoms with van der Waals surface area (Å²) in [6.45, 7) is 7.43. The molecule has 2 aromatic rings. The van der Waals surface area contributed by atoms with Gasteiger partial charge < -0.3 is 5.11 Å². The largest absolute Gasteiger partial charge is 0.478 e. The predicted octanol–water partition coefficient (Wildman–Crippen LogP) is 4.34. The van der Waals surface area contributed by atoms with Crippen molar-refractivity contribution in [2.24, 2.45) is 0 Å². The molecule has 2 heteroatoms. The minimum atomic E-state index is -0.954. The summed E-state index contributed by atoms with van der Waals surface area (Å²) in [7, 11) is 0. The number of hydrogen-bond acceptors (Lipinski definition) is 1. The standard InChI is InChI=1S/C17H14O2/c1-3-12-8-5-6-10-14(12)15-11-7-9-13(4-2)16(15)17(18)19/h3-11H,1-2H2,(H,18,19). The lowest BCUT2D eigenvalue weighted by molar-refractivity contribution is 0.0697. The fourth-order valence-electron chi connectivity index (χ4n) is 2.12. The summed E-state index contributed by atoms with van der Waals surface area (Å²) in [6, 6.07) is 13.0. The molecule has 0 unspecified atom stereocenters. The molecule has 0 fully saturated rings. The summed E-state index contributed by atoms with van der Waals surface area (Å²) >= 11 is 0. The fourth-order valence-corrected chi connectivity index (χ4v) is 2.12. The Morgan fingerprint density at radius 2 is 1.47 bits per heavy atom. The Morgan fingerprint density at radius 3 is 2.11 bits per heavy atom. The highest BCUT2D eigenvalue weighted by molar-refractivity contribution is 6.00. The molecular weight excluding hydrogens is 236 g/mol. The highest BCUT2D eigenvalue weighted by Crippen LogP contribution is 2.30. The maximum absolute atomic E-state index is 11.5. The first-order valence-corrected chi connectivity index (χ1v) is 5.89. The van der Waals surface area contributed by atoms with Gasteiger partial charge in [0.25, 0.3) is 0 Å². The molecule has 0 saturated carbocycles. The normalized spacial score (nSPS) is 9.89. The lowest BCUT2D eigenvalue weighted by atomic mass is 9.92. The van der Waals surface area contributed by atoms with E-state index in [1.165, 1.54) is 0 Å². The molecule has 0 spiro atoms. The van der Waals surface area contributed by atoms with E-state index in [2.05, 4.69) is 13.2 Å². The number of carboxylic acids is 1. The molecule has 0 radical (unpaired) electrons. The van der Waals surface area contributed by atoms with Gasteiger partial charge in [-0.25, -0.2) is 4.79 Å². The number of carbonyl (C=O) groups is 1. The first kappa shape index (κ1) is 12.8. The number of carboxylic acid groups (broad SMARTS) is 1. The minimum Gasteiger partial charge on any atom is -0.478 e. The maximum atomic E-state index is 11.5. The van der Waals surface area contributed by atoms with Gasteiger partial charge in [0.15, 0.2) is 0 Å². The van der Waals surface area contributed by atoms with Crippen molar-refractivity contribution < 1.29 is 9.90 Å². The Morgan fingerprint density at radius 1 is 0.895 bits per heavy atom. The van der Waals surface area contributed by atoms with Crippen LogP contribution >= 0.6 is 0 Å². The molecule has 0 amide bonds. The molecule has 2 rings (SSSR count). The summed E-state index contributed by atoms with van der Waals surface area (Å²) in [5, 5.41) is 9.43. The summed E-state index contributed by atoms with van der Waals surface area (Å²) in [4.78, 5) is 11.5. The van der Waals surface area contributed by atoms with Gasteiger partial charge in [0.05, 0.1) is 5.56 Å². The van der Waals surface area contributed by atoms with Gasteiger partial charge in [0.1, 0.15) is 0 Å². The van der Waals surface area contributed by atoms with Gasteiger partial charge >= 0.3 is 5.97 Å². The average molecular weight is 250 g/mol. The predicted molar refractivity (Wildman–Crippen MR) is 79.0 cm³/mol. The SMILES string of the molecule is C=Cc1ccccc1-c1cccc(C=C)c1C(=O)O. The zero-order valence-electron chi connectivity index (χ0n) is 10.5. The van der Waals surface area contributed by atoms with Crippen LogP contribution in [-0.2, 0) is 0 Å².